The van der Waals surface area contributed by atoms with Crippen LogP contribution in [0.15, 0.2) is 22.9 Å². The highest BCUT2D eigenvalue weighted by molar-refractivity contribution is 7.92. The molecule has 2 N–H and O–H groups in total. The first-order valence-corrected chi connectivity index (χ1v) is 19.6. The van der Waals surface area contributed by atoms with Gasteiger partial charge >= 0.3 is 0 Å². The van der Waals surface area contributed by atoms with Gasteiger partial charge in [0.2, 0.25) is 11.8 Å². The Morgan fingerprint density at radius 2 is 1.26 bits per heavy atom. The highest BCUT2D eigenvalue weighted by Crippen LogP contribution is 2.32. The largest absolute Gasteiger partial charge is 0.340 e. The summed E-state index contributed by atoms with van der Waals surface area (Å²) < 4.78 is 24.4. The first-order valence-electron chi connectivity index (χ1n) is 16.1. The fourth-order valence-electron chi connectivity index (χ4n) is 7.14. The summed E-state index contributed by atoms with van der Waals surface area (Å²) in [5.74, 6) is 1.26. The van der Waals surface area contributed by atoms with Gasteiger partial charge in [0, 0.05) is 35.9 Å². The van der Waals surface area contributed by atoms with Gasteiger partial charge in [-0.05, 0) is 92.6 Å². The minimum atomic E-state index is -3.05. The highest BCUT2D eigenvalue weighted by atomic mass is 32.2. The van der Waals surface area contributed by atoms with E-state index in [1.54, 1.807) is 34.6 Å². The predicted molar refractivity (Wildman–Crippen MR) is 175 cm³/mol. The number of nitrogens with one attached hydrogen (secondary N) is 2. The zero-order valence-electron chi connectivity index (χ0n) is 25.7. The summed E-state index contributed by atoms with van der Waals surface area (Å²) >= 11 is 3.31. The normalized spacial score (nSPS) is 26.4. The smallest absolute Gasteiger partial charge is 0.245 e. The first-order chi connectivity index (χ1) is 20.8. The van der Waals surface area contributed by atoms with E-state index in [0.29, 0.717) is 25.4 Å². The maximum atomic E-state index is 12.9. The Morgan fingerprint density at radius 1 is 0.744 bits per heavy atom. The predicted octanol–water partition coefficient (Wildman–Crippen LogP) is 4.72. The van der Waals surface area contributed by atoms with Gasteiger partial charge in [0.1, 0.15) is 12.1 Å². The highest BCUT2D eigenvalue weighted by Gasteiger charge is 2.36. The molecule has 1 saturated carbocycles. The fraction of sp³-hybridized carbons (Fsp3) is 0.688. The number of carbonyl (C=O) groups is 2. The second-order valence-electron chi connectivity index (χ2n) is 12.5. The van der Waals surface area contributed by atoms with Gasteiger partial charge in [0.05, 0.1) is 11.0 Å². The van der Waals surface area contributed by atoms with Gasteiger partial charge in [-0.1, -0.05) is 32.1 Å². The van der Waals surface area contributed by atoms with Crippen molar-refractivity contribution in [2.45, 2.75) is 88.0 Å². The quantitative estimate of drug-likeness (QED) is 0.440. The SMILES string of the molecule is CNC1C(=O)N(CC2CCCCCC2)CCc2ccsc21.CNC1C(=O)N(CC2CCCCS2(=O)=O)CCc2ccsc21. The summed E-state index contributed by atoms with van der Waals surface area (Å²) in [5, 5.41) is 10.1. The molecular formula is C32H48N4O4S3. The second kappa shape index (κ2) is 15.0. The number of hydrogen-bond donors (Lipinski definition) is 2. The molecule has 3 unspecified atom stereocenters. The van der Waals surface area contributed by atoms with Gasteiger partial charge in [0.15, 0.2) is 9.84 Å². The minimum Gasteiger partial charge on any atom is -0.340 e. The molecule has 2 amide bonds. The molecule has 238 valence electrons. The van der Waals surface area contributed by atoms with Crippen LogP contribution in [-0.2, 0) is 32.3 Å². The number of likely N-dealkylation sites (N-methyl/N-ethyl adjacent to an activating group) is 2. The molecule has 3 aliphatic heterocycles. The third kappa shape index (κ3) is 7.72. The summed E-state index contributed by atoms with van der Waals surface area (Å²) in [7, 11) is 0.640. The van der Waals surface area contributed by atoms with E-state index in [4.69, 9.17) is 0 Å². The lowest BCUT2D eigenvalue weighted by molar-refractivity contribution is -0.134. The van der Waals surface area contributed by atoms with E-state index < -0.39 is 9.84 Å². The van der Waals surface area contributed by atoms with E-state index >= 15 is 0 Å². The van der Waals surface area contributed by atoms with Crippen molar-refractivity contribution in [2.24, 2.45) is 5.92 Å². The maximum absolute atomic E-state index is 12.9. The molecular weight excluding hydrogens is 601 g/mol. The van der Waals surface area contributed by atoms with Crippen molar-refractivity contribution in [3.63, 3.8) is 0 Å². The van der Waals surface area contributed by atoms with E-state index in [9.17, 15) is 18.0 Å². The Bertz CT molecular complexity index is 1330. The van der Waals surface area contributed by atoms with Crippen molar-refractivity contribution >= 4 is 44.3 Å². The molecule has 4 aliphatic rings. The number of fused-ring (bicyclic) bond motifs is 2. The van der Waals surface area contributed by atoms with Crippen LogP contribution in [-0.4, -0.2) is 81.3 Å². The zero-order chi connectivity index (χ0) is 30.4. The zero-order valence-corrected chi connectivity index (χ0v) is 28.1. The van der Waals surface area contributed by atoms with Gasteiger partial charge in [-0.25, -0.2) is 8.42 Å². The number of carbonyl (C=O) groups excluding carboxylic acids is 2. The topological polar surface area (TPSA) is 98.8 Å². The molecule has 8 nitrogen and oxygen atoms in total. The van der Waals surface area contributed by atoms with E-state index in [0.717, 1.165) is 43.6 Å². The van der Waals surface area contributed by atoms with Crippen molar-refractivity contribution in [2.75, 3.05) is 46.0 Å². The van der Waals surface area contributed by atoms with Gasteiger partial charge in [-0.15, -0.1) is 22.7 Å². The molecule has 1 saturated heterocycles. The molecule has 0 spiro atoms. The van der Waals surface area contributed by atoms with Crippen LogP contribution in [0.4, 0.5) is 0 Å². The van der Waals surface area contributed by atoms with Crippen molar-refractivity contribution < 1.29 is 18.0 Å². The number of thiophene rings is 2. The number of rotatable bonds is 6. The summed E-state index contributed by atoms with van der Waals surface area (Å²) in [6, 6.07) is 3.78. The molecule has 5 heterocycles. The fourth-order valence-corrected chi connectivity index (χ4v) is 11.1. The van der Waals surface area contributed by atoms with Crippen molar-refractivity contribution in [1.82, 2.24) is 20.4 Å². The molecule has 2 aromatic heterocycles. The molecule has 2 fully saturated rings. The van der Waals surface area contributed by atoms with Crippen molar-refractivity contribution in [3.05, 3.63) is 43.8 Å². The minimum absolute atomic E-state index is 0.00414. The average Bonchev–Trinajstić information content (AvgIpc) is 3.51. The summed E-state index contributed by atoms with van der Waals surface area (Å²) in [6.07, 6.45) is 12.2. The Kier molecular flexibility index (Phi) is 11.4. The number of sulfone groups is 1. The van der Waals surface area contributed by atoms with Crippen molar-refractivity contribution in [1.29, 1.82) is 0 Å². The molecule has 43 heavy (non-hydrogen) atoms. The van der Waals surface area contributed by atoms with Gasteiger partial charge in [-0.3, -0.25) is 9.59 Å². The summed E-state index contributed by atoms with van der Waals surface area (Å²) in [6.45, 7) is 2.80. The van der Waals surface area contributed by atoms with Crippen LogP contribution in [0.3, 0.4) is 0 Å². The molecule has 0 radical (unpaired) electrons. The van der Waals surface area contributed by atoms with Crippen LogP contribution >= 0.6 is 22.7 Å². The van der Waals surface area contributed by atoms with Gasteiger partial charge in [0.25, 0.3) is 0 Å². The van der Waals surface area contributed by atoms with Crippen LogP contribution in [0.25, 0.3) is 0 Å². The van der Waals surface area contributed by atoms with Gasteiger partial charge in [-0.2, -0.15) is 0 Å². The van der Waals surface area contributed by atoms with Crippen LogP contribution in [0.1, 0.15) is 90.8 Å². The average molecular weight is 649 g/mol. The van der Waals surface area contributed by atoms with E-state index in [-0.39, 0.29) is 34.9 Å². The van der Waals surface area contributed by atoms with Crippen molar-refractivity contribution in [3.8, 4) is 0 Å². The molecule has 0 aromatic carbocycles. The standard InChI is InChI=1S/C17H26N2OS.C15H22N2O3S2/c1-18-15-16-14(9-11-21-16)8-10-19(17(15)20)12-13-6-4-2-3-5-7-13;1-16-13-14-11(6-8-21-14)5-7-17(15(13)18)10-12-4-2-3-9-22(12,19)20/h9,11,13,15,18H,2-8,10,12H2,1H3;6,8,12-13,16H,2-5,7,9-10H2,1H3. The van der Waals surface area contributed by atoms with Gasteiger partial charge < -0.3 is 20.4 Å². The molecule has 2 aromatic rings. The Balaban J connectivity index is 0.000000171. The number of amides is 2. The number of hydrogen-bond acceptors (Lipinski definition) is 8. The first kappa shape index (κ1) is 32.6. The molecule has 6 rings (SSSR count). The third-order valence-electron chi connectivity index (χ3n) is 9.67. The summed E-state index contributed by atoms with van der Waals surface area (Å²) in [5.41, 5.74) is 2.56. The van der Waals surface area contributed by atoms with E-state index in [1.807, 2.05) is 12.4 Å². The monoisotopic (exact) mass is 648 g/mol. The van der Waals surface area contributed by atoms with Crippen LogP contribution in [0.2, 0.25) is 0 Å². The second-order valence-corrected chi connectivity index (χ2v) is 16.8. The molecule has 0 bridgehead atoms. The van der Waals surface area contributed by atoms with E-state index in [1.165, 1.54) is 54.5 Å². The van der Waals surface area contributed by atoms with E-state index in [2.05, 4.69) is 33.0 Å². The van der Waals surface area contributed by atoms with Crippen LogP contribution in [0.5, 0.6) is 0 Å². The Morgan fingerprint density at radius 3 is 1.77 bits per heavy atom. The lowest BCUT2D eigenvalue weighted by Crippen LogP contribution is -2.46. The van der Waals surface area contributed by atoms with Crippen LogP contribution < -0.4 is 10.6 Å². The van der Waals surface area contributed by atoms with Crippen LogP contribution in [0, 0.1) is 5.92 Å². The Labute approximate surface area is 265 Å². The molecule has 3 atom stereocenters. The lowest BCUT2D eigenvalue weighted by atomic mass is 9.99. The summed E-state index contributed by atoms with van der Waals surface area (Å²) in [4.78, 5) is 31.8. The molecule has 1 aliphatic carbocycles. The third-order valence-corrected chi connectivity index (χ3v) is 14.0. The Hall–Kier alpha value is -1.79. The maximum Gasteiger partial charge on any atom is 0.245 e. The molecule has 11 heteroatoms. The lowest BCUT2D eigenvalue weighted by Gasteiger charge is -2.30. The number of nitrogens with zero attached hydrogens (tertiary/aromatic N) is 2.